The second-order valence-electron chi connectivity index (χ2n) is 9.89. The molecule has 1 atom stereocenters. The smallest absolute Gasteiger partial charge is 0.223 e. The van der Waals surface area contributed by atoms with Gasteiger partial charge >= 0.3 is 0 Å². The number of thioether (sulfide) groups is 1. The van der Waals surface area contributed by atoms with Crippen molar-refractivity contribution in [1.29, 1.82) is 0 Å². The maximum Gasteiger partial charge on any atom is 0.223 e. The molecule has 3 heterocycles. The van der Waals surface area contributed by atoms with Gasteiger partial charge in [-0.1, -0.05) is 42.9 Å². The standard InChI is InChI=1S/C21H30N2O2S.C11H15N3O/c24-20(9-2-1-6-19-12-15-26-17-19)10-5-14-23-21(25)11-3-7-18-8-4-13-22-16-18;12-6-8-14-11(15)5-1-3-10-4-2-7-13-9-10/h3-4,7-8,13,16,19H,1-2,5-6,9-12,14-15,17H2,(H,23,25);1-4,7,9H,5-6,8,12H2,(H,14,15)/b7-3+;3-1+/t19-;/m1./s1. The highest BCUT2D eigenvalue weighted by atomic mass is 32.2. The summed E-state index contributed by atoms with van der Waals surface area (Å²) >= 11 is 2.06. The molecule has 2 aromatic rings. The molecule has 0 unspecified atom stereocenters. The predicted molar refractivity (Wildman–Crippen MR) is 169 cm³/mol. The summed E-state index contributed by atoms with van der Waals surface area (Å²) in [6.07, 6.45) is 21.9. The van der Waals surface area contributed by atoms with E-state index in [1.807, 2.05) is 48.6 Å². The Morgan fingerprint density at radius 2 is 1.49 bits per heavy atom. The number of rotatable bonds is 17. The van der Waals surface area contributed by atoms with E-state index in [9.17, 15) is 14.4 Å². The molecule has 1 aliphatic heterocycles. The summed E-state index contributed by atoms with van der Waals surface area (Å²) in [4.78, 5) is 42.8. The van der Waals surface area contributed by atoms with Crippen molar-refractivity contribution in [3.05, 3.63) is 72.3 Å². The maximum absolute atomic E-state index is 11.9. The number of amides is 2. The van der Waals surface area contributed by atoms with Crippen LogP contribution in [0.15, 0.2) is 61.2 Å². The fraction of sp³-hybridized carbons (Fsp3) is 0.469. The molecule has 1 fully saturated rings. The van der Waals surface area contributed by atoms with E-state index in [1.165, 1.54) is 30.8 Å². The van der Waals surface area contributed by atoms with Gasteiger partial charge in [-0.2, -0.15) is 11.8 Å². The van der Waals surface area contributed by atoms with E-state index in [0.717, 1.165) is 29.9 Å². The Labute approximate surface area is 249 Å². The molecule has 9 heteroatoms. The van der Waals surface area contributed by atoms with E-state index in [4.69, 9.17) is 5.73 Å². The fourth-order valence-electron chi connectivity index (χ4n) is 4.11. The van der Waals surface area contributed by atoms with Gasteiger partial charge in [0, 0.05) is 70.1 Å². The van der Waals surface area contributed by atoms with Crippen LogP contribution in [0.1, 0.15) is 68.9 Å². The van der Waals surface area contributed by atoms with Gasteiger partial charge in [0.15, 0.2) is 0 Å². The van der Waals surface area contributed by atoms with Crippen molar-refractivity contribution in [2.24, 2.45) is 11.7 Å². The molecule has 8 nitrogen and oxygen atoms in total. The fourth-order valence-corrected chi connectivity index (χ4v) is 5.45. The monoisotopic (exact) mass is 579 g/mol. The van der Waals surface area contributed by atoms with Crippen LogP contribution in [0.5, 0.6) is 0 Å². The SMILES string of the molecule is NCCNC(=O)C/C=C/c1cccnc1.O=C(CCCC[C@@H]1CCSC1)CCCNC(=O)C/C=C/c1cccnc1. The second-order valence-corrected chi connectivity index (χ2v) is 11.0. The summed E-state index contributed by atoms with van der Waals surface area (Å²) in [6.45, 7) is 1.57. The van der Waals surface area contributed by atoms with Crippen molar-refractivity contribution in [1.82, 2.24) is 20.6 Å². The van der Waals surface area contributed by atoms with Gasteiger partial charge in [0.05, 0.1) is 0 Å². The van der Waals surface area contributed by atoms with Crippen molar-refractivity contribution in [2.45, 2.75) is 57.8 Å². The van der Waals surface area contributed by atoms with Gasteiger partial charge in [-0.3, -0.25) is 24.4 Å². The van der Waals surface area contributed by atoms with Crippen LogP contribution in [0.3, 0.4) is 0 Å². The summed E-state index contributed by atoms with van der Waals surface area (Å²) in [7, 11) is 0. The lowest BCUT2D eigenvalue weighted by Crippen LogP contribution is -2.28. The number of nitrogens with two attached hydrogens (primary N) is 1. The Kier molecular flexibility index (Phi) is 18.5. The number of ketones is 1. The van der Waals surface area contributed by atoms with Crippen LogP contribution in [0.2, 0.25) is 0 Å². The van der Waals surface area contributed by atoms with Crippen molar-refractivity contribution < 1.29 is 14.4 Å². The Hall–Kier alpha value is -3.30. The highest BCUT2D eigenvalue weighted by Gasteiger charge is 2.14. The van der Waals surface area contributed by atoms with E-state index >= 15 is 0 Å². The third-order valence-electron chi connectivity index (χ3n) is 6.36. The number of unbranched alkanes of at least 4 members (excludes halogenated alkanes) is 1. The molecule has 2 amide bonds. The van der Waals surface area contributed by atoms with E-state index in [0.29, 0.717) is 51.1 Å². The normalized spacial score (nSPS) is 14.5. The molecular formula is C32H45N5O3S. The molecule has 1 saturated heterocycles. The molecular weight excluding hydrogens is 534 g/mol. The van der Waals surface area contributed by atoms with Crippen molar-refractivity contribution in [3.8, 4) is 0 Å². The van der Waals surface area contributed by atoms with Gasteiger partial charge in [0.2, 0.25) is 11.8 Å². The highest BCUT2D eigenvalue weighted by Crippen LogP contribution is 2.27. The van der Waals surface area contributed by atoms with Crippen LogP contribution in [-0.2, 0) is 14.4 Å². The van der Waals surface area contributed by atoms with E-state index in [1.54, 1.807) is 24.8 Å². The molecule has 0 radical (unpaired) electrons. The molecule has 222 valence electrons. The molecule has 2 aromatic heterocycles. The van der Waals surface area contributed by atoms with Gasteiger partial charge in [-0.15, -0.1) is 0 Å². The summed E-state index contributed by atoms with van der Waals surface area (Å²) in [5, 5.41) is 5.56. The average molecular weight is 580 g/mol. The zero-order valence-corrected chi connectivity index (χ0v) is 24.8. The third kappa shape index (κ3) is 17.9. The lowest BCUT2D eigenvalue weighted by atomic mass is 9.99. The number of nitrogens with zero attached hydrogens (tertiary/aromatic N) is 2. The summed E-state index contributed by atoms with van der Waals surface area (Å²) in [6, 6.07) is 7.60. The Bertz CT molecular complexity index is 1060. The minimum Gasteiger partial charge on any atom is -0.356 e. The zero-order valence-electron chi connectivity index (χ0n) is 24.0. The Morgan fingerprint density at radius 3 is 2.02 bits per heavy atom. The van der Waals surface area contributed by atoms with Gasteiger partial charge in [0.25, 0.3) is 0 Å². The number of carbonyl (C=O) groups excluding carboxylic acids is 3. The maximum atomic E-state index is 11.9. The zero-order chi connectivity index (χ0) is 29.4. The van der Waals surface area contributed by atoms with Crippen LogP contribution in [0.25, 0.3) is 12.2 Å². The molecule has 41 heavy (non-hydrogen) atoms. The number of hydrogen-bond acceptors (Lipinski definition) is 7. The average Bonchev–Trinajstić information content (AvgIpc) is 3.52. The summed E-state index contributed by atoms with van der Waals surface area (Å²) in [5.74, 6) is 3.82. The van der Waals surface area contributed by atoms with Gasteiger partial charge in [0.1, 0.15) is 5.78 Å². The molecule has 0 bridgehead atoms. The van der Waals surface area contributed by atoms with Gasteiger partial charge in [-0.05, 0) is 66.4 Å². The van der Waals surface area contributed by atoms with Crippen LogP contribution < -0.4 is 16.4 Å². The van der Waals surface area contributed by atoms with Gasteiger partial charge in [-0.25, -0.2) is 0 Å². The van der Waals surface area contributed by atoms with Crippen molar-refractivity contribution >= 4 is 41.5 Å². The molecule has 0 aliphatic carbocycles. The summed E-state index contributed by atoms with van der Waals surface area (Å²) in [5.41, 5.74) is 7.23. The molecule has 0 spiro atoms. The third-order valence-corrected chi connectivity index (χ3v) is 7.59. The first-order valence-electron chi connectivity index (χ1n) is 14.5. The van der Waals surface area contributed by atoms with Crippen LogP contribution in [-0.4, -0.2) is 58.7 Å². The summed E-state index contributed by atoms with van der Waals surface area (Å²) < 4.78 is 0. The first-order chi connectivity index (χ1) is 20.1. The minimum atomic E-state index is -0.0133. The quantitative estimate of drug-likeness (QED) is 0.229. The Balaban J connectivity index is 0.000000333. The molecule has 3 rings (SSSR count). The first kappa shape index (κ1) is 33.9. The van der Waals surface area contributed by atoms with Crippen LogP contribution in [0.4, 0.5) is 0 Å². The molecule has 1 aliphatic rings. The lowest BCUT2D eigenvalue weighted by Gasteiger charge is -2.07. The molecule has 0 aromatic carbocycles. The highest BCUT2D eigenvalue weighted by molar-refractivity contribution is 7.99. The topological polar surface area (TPSA) is 127 Å². The van der Waals surface area contributed by atoms with E-state index < -0.39 is 0 Å². The predicted octanol–water partition coefficient (Wildman–Crippen LogP) is 4.82. The molecule has 4 N–H and O–H groups in total. The number of pyridine rings is 2. The number of hydrogen-bond donors (Lipinski definition) is 3. The van der Waals surface area contributed by atoms with Crippen molar-refractivity contribution in [3.63, 3.8) is 0 Å². The van der Waals surface area contributed by atoms with Gasteiger partial charge < -0.3 is 16.4 Å². The number of aromatic nitrogens is 2. The van der Waals surface area contributed by atoms with Crippen molar-refractivity contribution in [2.75, 3.05) is 31.1 Å². The number of carbonyl (C=O) groups is 3. The van der Waals surface area contributed by atoms with E-state index in [-0.39, 0.29) is 11.8 Å². The van der Waals surface area contributed by atoms with Crippen LogP contribution in [0, 0.1) is 5.92 Å². The number of nitrogens with one attached hydrogen (secondary N) is 2. The Morgan fingerprint density at radius 1 is 0.878 bits per heavy atom. The minimum absolute atomic E-state index is 0.00739. The first-order valence-corrected chi connectivity index (χ1v) is 15.7. The van der Waals surface area contributed by atoms with E-state index in [2.05, 4.69) is 32.4 Å². The molecule has 0 saturated carbocycles. The second kappa shape index (κ2) is 22.4. The largest absolute Gasteiger partial charge is 0.356 e. The lowest BCUT2D eigenvalue weighted by molar-refractivity contribution is -0.121. The van der Waals surface area contributed by atoms with Crippen LogP contribution >= 0.6 is 11.8 Å². The number of Topliss-reactive ketones (excluding diaryl/α,β-unsaturated/α-hetero) is 1.